The first-order valence-electron chi connectivity index (χ1n) is 7.45. The van der Waals surface area contributed by atoms with Gasteiger partial charge < -0.3 is 9.62 Å². The third kappa shape index (κ3) is 1.96. The SMILES string of the molecule is CC1(C)CN(O)C(C)(C)c2cc3cc(C4CS4)oc3cc21. The molecule has 0 spiro atoms. The summed E-state index contributed by atoms with van der Waals surface area (Å²) in [6.07, 6.45) is 0. The van der Waals surface area contributed by atoms with E-state index in [0.717, 1.165) is 16.7 Å². The summed E-state index contributed by atoms with van der Waals surface area (Å²) in [6, 6.07) is 6.56. The van der Waals surface area contributed by atoms with Crippen molar-refractivity contribution in [2.45, 2.75) is 43.9 Å². The summed E-state index contributed by atoms with van der Waals surface area (Å²) in [7, 11) is 0. The average molecular weight is 303 g/mol. The van der Waals surface area contributed by atoms with Crippen LogP contribution in [0.1, 0.15) is 49.8 Å². The minimum atomic E-state index is -0.370. The lowest BCUT2D eigenvalue weighted by Gasteiger charge is -2.46. The Morgan fingerprint density at radius 2 is 1.90 bits per heavy atom. The molecular formula is C17H21NO2S. The molecule has 1 N–H and O–H groups in total. The number of thioether (sulfide) groups is 1. The number of hydroxylamine groups is 2. The van der Waals surface area contributed by atoms with Gasteiger partial charge in [0.2, 0.25) is 0 Å². The van der Waals surface area contributed by atoms with Gasteiger partial charge in [-0.15, -0.1) is 11.8 Å². The topological polar surface area (TPSA) is 36.6 Å². The third-order valence-electron chi connectivity index (χ3n) is 4.90. The maximum absolute atomic E-state index is 10.4. The minimum Gasteiger partial charge on any atom is -0.460 e. The van der Waals surface area contributed by atoms with Crippen molar-refractivity contribution < 1.29 is 9.62 Å². The van der Waals surface area contributed by atoms with Crippen LogP contribution in [0.3, 0.4) is 0 Å². The normalized spacial score (nSPS) is 26.8. The van der Waals surface area contributed by atoms with Gasteiger partial charge in [-0.2, -0.15) is 5.06 Å². The third-order valence-corrected chi connectivity index (χ3v) is 5.80. The molecule has 2 aliphatic rings. The second-order valence-corrected chi connectivity index (χ2v) is 8.64. The maximum atomic E-state index is 10.4. The van der Waals surface area contributed by atoms with Gasteiger partial charge in [-0.3, -0.25) is 0 Å². The summed E-state index contributed by atoms with van der Waals surface area (Å²) < 4.78 is 6.05. The fourth-order valence-corrected chi connectivity index (χ4v) is 3.88. The molecule has 2 aliphatic heterocycles. The van der Waals surface area contributed by atoms with Crippen molar-refractivity contribution in [2.24, 2.45) is 0 Å². The summed E-state index contributed by atoms with van der Waals surface area (Å²) >= 11 is 1.93. The number of rotatable bonds is 1. The minimum absolute atomic E-state index is 0.0882. The standard InChI is InChI=1S/C17H21NO2S/c1-16(2)9-18(19)17(3,4)12-5-10-6-14(15-8-21-15)20-13(10)7-11(12)16/h5-7,15,19H,8-9H2,1-4H3. The Kier molecular flexibility index (Phi) is 2.64. The van der Waals surface area contributed by atoms with Crippen LogP contribution in [0.5, 0.6) is 0 Å². The van der Waals surface area contributed by atoms with Crippen LogP contribution in [0.4, 0.5) is 0 Å². The second-order valence-electron chi connectivity index (χ2n) is 7.41. The molecular weight excluding hydrogens is 282 g/mol. The van der Waals surface area contributed by atoms with Crippen LogP contribution >= 0.6 is 11.8 Å². The van der Waals surface area contributed by atoms with E-state index >= 15 is 0 Å². The summed E-state index contributed by atoms with van der Waals surface area (Å²) in [4.78, 5) is 0. The molecule has 0 bridgehead atoms. The predicted molar refractivity (Wildman–Crippen MR) is 86.0 cm³/mol. The van der Waals surface area contributed by atoms with Crippen LogP contribution in [-0.4, -0.2) is 22.6 Å². The molecule has 1 unspecified atom stereocenters. The molecule has 2 aromatic rings. The molecule has 4 rings (SSSR count). The van der Waals surface area contributed by atoms with Gasteiger partial charge in [0.05, 0.1) is 10.8 Å². The summed E-state index contributed by atoms with van der Waals surface area (Å²) in [6.45, 7) is 9.13. The van der Waals surface area contributed by atoms with Crippen molar-refractivity contribution in [1.29, 1.82) is 0 Å². The Morgan fingerprint density at radius 3 is 2.57 bits per heavy atom. The van der Waals surface area contributed by atoms with E-state index in [4.69, 9.17) is 4.42 Å². The number of fused-ring (bicyclic) bond motifs is 2. The zero-order valence-electron chi connectivity index (χ0n) is 12.9. The zero-order valence-corrected chi connectivity index (χ0v) is 13.8. The molecule has 4 heteroatoms. The van der Waals surface area contributed by atoms with Crippen molar-refractivity contribution in [3.63, 3.8) is 0 Å². The summed E-state index contributed by atoms with van der Waals surface area (Å²) in [5, 5.41) is 13.6. The quantitative estimate of drug-likeness (QED) is 0.790. The van der Waals surface area contributed by atoms with Crippen LogP contribution in [0.2, 0.25) is 0 Å². The van der Waals surface area contributed by atoms with E-state index in [0.29, 0.717) is 11.8 Å². The van der Waals surface area contributed by atoms with Crippen molar-refractivity contribution in [3.8, 4) is 0 Å². The van der Waals surface area contributed by atoms with Crippen LogP contribution in [0.25, 0.3) is 11.0 Å². The fourth-order valence-electron chi connectivity index (χ4n) is 3.34. The molecule has 1 aromatic carbocycles. The first kappa shape index (κ1) is 13.7. The number of hydrogen-bond donors (Lipinski definition) is 1. The maximum Gasteiger partial charge on any atom is 0.134 e. The average Bonchev–Trinajstić information content (AvgIpc) is 3.15. The monoisotopic (exact) mass is 303 g/mol. The van der Waals surface area contributed by atoms with Crippen LogP contribution < -0.4 is 0 Å². The van der Waals surface area contributed by atoms with E-state index in [1.54, 1.807) is 0 Å². The van der Waals surface area contributed by atoms with Gasteiger partial charge in [0.25, 0.3) is 0 Å². The van der Waals surface area contributed by atoms with E-state index < -0.39 is 0 Å². The Morgan fingerprint density at radius 1 is 1.19 bits per heavy atom. The molecule has 21 heavy (non-hydrogen) atoms. The molecule has 1 atom stereocenters. The number of benzene rings is 1. The fraction of sp³-hybridized carbons (Fsp3) is 0.529. The number of furan rings is 1. The lowest BCUT2D eigenvalue weighted by Crippen LogP contribution is -2.51. The molecule has 1 saturated heterocycles. The van der Waals surface area contributed by atoms with Crippen molar-refractivity contribution >= 4 is 22.7 Å². The molecule has 3 nitrogen and oxygen atoms in total. The van der Waals surface area contributed by atoms with Crippen molar-refractivity contribution in [2.75, 3.05) is 12.3 Å². The molecule has 1 aromatic heterocycles. The highest BCUT2D eigenvalue weighted by Crippen LogP contribution is 2.49. The van der Waals surface area contributed by atoms with Gasteiger partial charge in [-0.05, 0) is 43.2 Å². The first-order chi connectivity index (χ1) is 9.79. The van der Waals surface area contributed by atoms with Crippen LogP contribution in [0, 0.1) is 0 Å². The van der Waals surface area contributed by atoms with Gasteiger partial charge in [0, 0.05) is 23.1 Å². The van der Waals surface area contributed by atoms with Crippen LogP contribution in [0.15, 0.2) is 22.6 Å². The Hall–Kier alpha value is -0.970. The second kappa shape index (κ2) is 4.06. The highest BCUT2D eigenvalue weighted by Gasteiger charge is 2.42. The van der Waals surface area contributed by atoms with Gasteiger partial charge >= 0.3 is 0 Å². The van der Waals surface area contributed by atoms with E-state index in [1.165, 1.54) is 21.9 Å². The van der Waals surface area contributed by atoms with Crippen molar-refractivity contribution in [1.82, 2.24) is 5.06 Å². The van der Waals surface area contributed by atoms with E-state index in [-0.39, 0.29) is 11.0 Å². The van der Waals surface area contributed by atoms with Gasteiger partial charge in [-0.25, -0.2) is 0 Å². The van der Waals surface area contributed by atoms with Crippen molar-refractivity contribution in [3.05, 3.63) is 35.1 Å². The lowest BCUT2D eigenvalue weighted by molar-refractivity contribution is -0.183. The molecule has 0 saturated carbocycles. The molecule has 0 amide bonds. The zero-order chi connectivity index (χ0) is 15.0. The van der Waals surface area contributed by atoms with Crippen LogP contribution in [-0.2, 0) is 11.0 Å². The molecule has 0 radical (unpaired) electrons. The molecule has 0 aliphatic carbocycles. The largest absolute Gasteiger partial charge is 0.460 e. The Bertz CT molecular complexity index is 728. The first-order valence-corrected chi connectivity index (χ1v) is 8.50. The Balaban J connectivity index is 1.96. The summed E-state index contributed by atoms with van der Waals surface area (Å²) in [5.74, 6) is 2.26. The lowest BCUT2D eigenvalue weighted by atomic mass is 9.72. The predicted octanol–water partition coefficient (Wildman–Crippen LogP) is 4.44. The smallest absolute Gasteiger partial charge is 0.134 e. The number of hydrogen-bond acceptors (Lipinski definition) is 4. The molecule has 3 heterocycles. The highest BCUT2D eigenvalue weighted by molar-refractivity contribution is 8.06. The van der Waals surface area contributed by atoms with E-state index in [1.807, 2.05) is 11.8 Å². The Labute approximate surface area is 129 Å². The van der Waals surface area contributed by atoms with E-state index in [2.05, 4.69) is 45.9 Å². The van der Waals surface area contributed by atoms with Gasteiger partial charge in [0.15, 0.2) is 0 Å². The number of nitrogens with zero attached hydrogens (tertiary/aromatic N) is 1. The summed E-state index contributed by atoms with van der Waals surface area (Å²) in [5.41, 5.74) is 3.01. The van der Waals surface area contributed by atoms with E-state index in [9.17, 15) is 5.21 Å². The molecule has 112 valence electrons. The van der Waals surface area contributed by atoms with Gasteiger partial charge in [-0.1, -0.05) is 13.8 Å². The molecule has 1 fully saturated rings. The highest BCUT2D eigenvalue weighted by atomic mass is 32.2. The van der Waals surface area contributed by atoms with Gasteiger partial charge in [0.1, 0.15) is 11.3 Å².